The summed E-state index contributed by atoms with van der Waals surface area (Å²) >= 11 is 11.9. The van der Waals surface area contributed by atoms with Crippen LogP contribution in [0.1, 0.15) is 11.1 Å². The first-order valence-electron chi connectivity index (χ1n) is 4.81. The molecule has 16 heavy (non-hydrogen) atoms. The molecule has 0 saturated carbocycles. The predicted octanol–water partition coefficient (Wildman–Crippen LogP) is 2.62. The molecule has 0 fully saturated rings. The van der Waals surface area contributed by atoms with Gasteiger partial charge in [0.2, 0.25) is 10.1 Å². The van der Waals surface area contributed by atoms with Crippen molar-refractivity contribution in [2.45, 2.75) is 10.1 Å². The minimum absolute atomic E-state index is 0.444. The first-order valence-corrected chi connectivity index (χ1v) is 5.57. The van der Waals surface area contributed by atoms with Crippen molar-refractivity contribution in [3.63, 3.8) is 0 Å². The van der Waals surface area contributed by atoms with Crippen LogP contribution in [0.3, 0.4) is 0 Å². The SMILES string of the molecule is O[C@]1(Cl)c2cccc3cccc(c23)[C@]1(O)Cl. The van der Waals surface area contributed by atoms with Gasteiger partial charge in [0.05, 0.1) is 0 Å². The second kappa shape index (κ2) is 2.90. The molecule has 0 bridgehead atoms. The molecule has 0 amide bonds. The number of aliphatic hydroxyl groups is 2. The van der Waals surface area contributed by atoms with Crippen LogP contribution < -0.4 is 0 Å². The molecular weight excluding hydrogens is 247 g/mol. The Bertz CT molecular complexity index is 542. The van der Waals surface area contributed by atoms with Crippen LogP contribution in [-0.4, -0.2) is 10.2 Å². The molecule has 0 heterocycles. The van der Waals surface area contributed by atoms with Crippen molar-refractivity contribution in [2.75, 3.05) is 0 Å². The van der Waals surface area contributed by atoms with Gasteiger partial charge in [0.1, 0.15) is 0 Å². The van der Waals surface area contributed by atoms with Crippen molar-refractivity contribution in [3.8, 4) is 0 Å². The van der Waals surface area contributed by atoms with E-state index in [9.17, 15) is 10.2 Å². The summed E-state index contributed by atoms with van der Waals surface area (Å²) in [5.41, 5.74) is 0.888. The molecule has 0 saturated heterocycles. The standard InChI is InChI=1S/C12H8Cl2O2/c13-11(15)8-5-1-3-7-4-2-6-9(10(7)8)12(11,14)16/h1-6,15-16H/t11-,12-/m1/s1. The van der Waals surface area contributed by atoms with E-state index in [1.807, 2.05) is 12.1 Å². The van der Waals surface area contributed by atoms with E-state index in [2.05, 4.69) is 0 Å². The van der Waals surface area contributed by atoms with E-state index in [0.717, 1.165) is 10.8 Å². The zero-order chi connectivity index (χ0) is 11.6. The van der Waals surface area contributed by atoms with E-state index in [1.165, 1.54) is 0 Å². The Kier molecular flexibility index (Phi) is 1.88. The average molecular weight is 255 g/mol. The Labute approximate surface area is 102 Å². The highest BCUT2D eigenvalue weighted by Gasteiger charge is 2.56. The largest absolute Gasteiger partial charge is 0.367 e. The highest BCUT2D eigenvalue weighted by atomic mass is 35.5. The summed E-state index contributed by atoms with van der Waals surface area (Å²) < 4.78 is 0. The summed E-state index contributed by atoms with van der Waals surface area (Å²) in [6.07, 6.45) is 0. The van der Waals surface area contributed by atoms with E-state index < -0.39 is 10.1 Å². The molecule has 3 rings (SSSR count). The summed E-state index contributed by atoms with van der Waals surface area (Å²) in [6, 6.07) is 10.6. The van der Waals surface area contributed by atoms with Crippen LogP contribution in [0.2, 0.25) is 0 Å². The van der Waals surface area contributed by atoms with E-state index in [-0.39, 0.29) is 0 Å². The van der Waals surface area contributed by atoms with Gasteiger partial charge >= 0.3 is 0 Å². The van der Waals surface area contributed by atoms with Crippen molar-refractivity contribution in [2.24, 2.45) is 0 Å². The molecule has 4 heteroatoms. The lowest BCUT2D eigenvalue weighted by atomic mass is 10.1. The van der Waals surface area contributed by atoms with Gasteiger partial charge in [-0.2, -0.15) is 0 Å². The molecule has 2 aromatic carbocycles. The fourth-order valence-corrected chi connectivity index (χ4v) is 2.77. The van der Waals surface area contributed by atoms with Crippen LogP contribution in [0, 0.1) is 0 Å². The second-order valence-electron chi connectivity index (χ2n) is 3.95. The van der Waals surface area contributed by atoms with Gasteiger partial charge in [0, 0.05) is 11.1 Å². The van der Waals surface area contributed by atoms with Crippen LogP contribution in [0.25, 0.3) is 10.8 Å². The highest BCUT2D eigenvalue weighted by Crippen LogP contribution is 2.56. The number of hydrogen-bond donors (Lipinski definition) is 2. The Morgan fingerprint density at radius 2 is 1.25 bits per heavy atom. The Morgan fingerprint density at radius 3 is 1.69 bits per heavy atom. The first-order chi connectivity index (χ1) is 7.46. The molecule has 0 radical (unpaired) electrons. The summed E-state index contributed by atoms with van der Waals surface area (Å²) in [6.45, 7) is 0. The molecule has 1 aliphatic carbocycles. The molecule has 0 unspecified atom stereocenters. The average Bonchev–Trinajstić information content (AvgIpc) is 2.40. The third-order valence-corrected chi connectivity index (χ3v) is 4.11. The van der Waals surface area contributed by atoms with Crippen LogP contribution in [0.4, 0.5) is 0 Å². The maximum atomic E-state index is 10.1. The summed E-state index contributed by atoms with van der Waals surface area (Å²) in [5, 5.41) is 17.9. The van der Waals surface area contributed by atoms with E-state index in [0.29, 0.717) is 11.1 Å². The summed E-state index contributed by atoms with van der Waals surface area (Å²) in [4.78, 5) is 0. The molecule has 2 N–H and O–H groups in total. The monoisotopic (exact) mass is 254 g/mol. The van der Waals surface area contributed by atoms with E-state index >= 15 is 0 Å². The third-order valence-electron chi connectivity index (χ3n) is 3.06. The molecule has 82 valence electrons. The Morgan fingerprint density at radius 1 is 0.812 bits per heavy atom. The second-order valence-corrected chi connectivity index (χ2v) is 5.05. The molecule has 0 aliphatic heterocycles. The lowest BCUT2D eigenvalue weighted by Crippen LogP contribution is -2.36. The highest BCUT2D eigenvalue weighted by molar-refractivity contribution is 6.35. The molecule has 1 aliphatic rings. The van der Waals surface area contributed by atoms with Gasteiger partial charge in [-0.05, 0) is 10.8 Å². The third kappa shape index (κ3) is 1.01. The van der Waals surface area contributed by atoms with Gasteiger partial charge in [-0.15, -0.1) is 0 Å². The van der Waals surface area contributed by atoms with Gasteiger partial charge in [-0.3, -0.25) is 0 Å². The molecule has 0 aromatic heterocycles. The molecular formula is C12H8Cl2O2. The summed E-state index contributed by atoms with van der Waals surface area (Å²) in [7, 11) is 0. The van der Waals surface area contributed by atoms with Crippen LogP contribution >= 0.6 is 23.2 Å². The fourth-order valence-electron chi connectivity index (χ4n) is 2.25. The van der Waals surface area contributed by atoms with Gasteiger partial charge in [-0.1, -0.05) is 59.6 Å². The van der Waals surface area contributed by atoms with E-state index in [1.54, 1.807) is 24.3 Å². The fraction of sp³-hybridized carbons (Fsp3) is 0.167. The van der Waals surface area contributed by atoms with Crippen molar-refractivity contribution in [1.82, 2.24) is 0 Å². The maximum absolute atomic E-state index is 10.1. The quantitative estimate of drug-likeness (QED) is 0.710. The van der Waals surface area contributed by atoms with Crippen molar-refractivity contribution in [1.29, 1.82) is 0 Å². The van der Waals surface area contributed by atoms with Gasteiger partial charge in [0.15, 0.2) is 0 Å². The zero-order valence-electron chi connectivity index (χ0n) is 8.11. The number of rotatable bonds is 0. The van der Waals surface area contributed by atoms with Crippen LogP contribution in [-0.2, 0) is 10.1 Å². The number of hydrogen-bond acceptors (Lipinski definition) is 2. The van der Waals surface area contributed by atoms with Crippen LogP contribution in [0.15, 0.2) is 36.4 Å². The summed E-state index contributed by atoms with van der Waals surface area (Å²) in [5.74, 6) is 0. The van der Waals surface area contributed by atoms with E-state index in [4.69, 9.17) is 23.2 Å². The minimum atomic E-state index is -1.99. The smallest absolute Gasteiger partial charge is 0.212 e. The maximum Gasteiger partial charge on any atom is 0.212 e. The van der Waals surface area contributed by atoms with Crippen molar-refractivity contribution in [3.05, 3.63) is 47.5 Å². The molecule has 0 spiro atoms. The van der Waals surface area contributed by atoms with Gasteiger partial charge < -0.3 is 10.2 Å². The van der Waals surface area contributed by atoms with Crippen LogP contribution in [0.5, 0.6) is 0 Å². The van der Waals surface area contributed by atoms with Gasteiger partial charge in [0.25, 0.3) is 0 Å². The molecule has 2 aromatic rings. The van der Waals surface area contributed by atoms with Gasteiger partial charge in [-0.25, -0.2) is 0 Å². The van der Waals surface area contributed by atoms with Crippen molar-refractivity contribution >= 4 is 34.0 Å². The number of benzene rings is 2. The number of halogens is 2. The normalized spacial score (nSPS) is 32.2. The zero-order valence-corrected chi connectivity index (χ0v) is 9.63. The number of alkyl halides is 2. The Balaban J connectivity index is 2.54. The Hall–Kier alpha value is -0.800. The van der Waals surface area contributed by atoms with Crippen molar-refractivity contribution < 1.29 is 10.2 Å². The topological polar surface area (TPSA) is 40.5 Å². The first kappa shape index (κ1) is 10.4. The molecule has 2 atom stereocenters. The lowest BCUT2D eigenvalue weighted by molar-refractivity contribution is -0.0437. The predicted molar refractivity (Wildman–Crippen MR) is 63.4 cm³/mol. The minimum Gasteiger partial charge on any atom is -0.367 e. The molecule has 2 nitrogen and oxygen atoms in total. The lowest BCUT2D eigenvalue weighted by Gasteiger charge is -2.28.